The molecule has 0 spiro atoms. The number of hydrogen-bond acceptors (Lipinski definition) is 3. The van der Waals surface area contributed by atoms with E-state index in [4.69, 9.17) is 0 Å². The Morgan fingerprint density at radius 2 is 1.69 bits per heavy atom. The number of nitrogens with zero attached hydrogens (tertiary/aromatic N) is 4. The van der Waals surface area contributed by atoms with E-state index in [0.717, 1.165) is 33.9 Å². The normalized spacial score (nSPS) is 10.9. The van der Waals surface area contributed by atoms with Gasteiger partial charge in [-0.3, -0.25) is 9.89 Å². The van der Waals surface area contributed by atoms with E-state index >= 15 is 0 Å². The van der Waals surface area contributed by atoms with Crippen LogP contribution >= 0.6 is 0 Å². The van der Waals surface area contributed by atoms with Crippen LogP contribution in [-0.4, -0.2) is 37.8 Å². The van der Waals surface area contributed by atoms with Gasteiger partial charge in [0.05, 0.1) is 17.1 Å². The predicted molar refractivity (Wildman–Crippen MR) is 113 cm³/mol. The molecule has 2 aromatic carbocycles. The molecular weight excluding hydrogens is 362 g/mol. The molecule has 0 atom stereocenters. The molecule has 0 unspecified atom stereocenters. The van der Waals surface area contributed by atoms with E-state index in [2.05, 4.69) is 15.3 Å². The van der Waals surface area contributed by atoms with Crippen LogP contribution in [0.4, 0.5) is 0 Å². The molecule has 0 bridgehead atoms. The molecule has 0 aliphatic carbocycles. The van der Waals surface area contributed by atoms with Crippen molar-refractivity contribution in [2.45, 2.75) is 20.4 Å². The molecule has 1 N–H and O–H groups in total. The lowest BCUT2D eigenvalue weighted by Crippen LogP contribution is -2.27. The van der Waals surface area contributed by atoms with Crippen molar-refractivity contribution in [3.8, 4) is 16.9 Å². The largest absolute Gasteiger partial charge is 0.336 e. The fourth-order valence-electron chi connectivity index (χ4n) is 3.43. The van der Waals surface area contributed by atoms with Crippen LogP contribution in [0.2, 0.25) is 0 Å². The van der Waals surface area contributed by atoms with Crippen molar-refractivity contribution >= 4 is 5.91 Å². The van der Waals surface area contributed by atoms with E-state index in [-0.39, 0.29) is 5.91 Å². The second kappa shape index (κ2) is 7.75. The fourth-order valence-corrected chi connectivity index (χ4v) is 3.43. The second-order valence-electron chi connectivity index (χ2n) is 7.09. The maximum Gasteiger partial charge on any atom is 0.271 e. The summed E-state index contributed by atoms with van der Waals surface area (Å²) in [7, 11) is 1.80. The van der Waals surface area contributed by atoms with Gasteiger partial charge in [-0.1, -0.05) is 48.5 Å². The summed E-state index contributed by atoms with van der Waals surface area (Å²) >= 11 is 0. The van der Waals surface area contributed by atoms with E-state index < -0.39 is 0 Å². The van der Waals surface area contributed by atoms with Crippen LogP contribution in [-0.2, 0) is 6.54 Å². The van der Waals surface area contributed by atoms with Gasteiger partial charge in [0.2, 0.25) is 0 Å². The zero-order chi connectivity index (χ0) is 20.4. The molecule has 4 rings (SSSR count). The van der Waals surface area contributed by atoms with Gasteiger partial charge in [-0.2, -0.15) is 10.2 Å². The van der Waals surface area contributed by atoms with Gasteiger partial charge < -0.3 is 4.90 Å². The second-order valence-corrected chi connectivity index (χ2v) is 7.09. The van der Waals surface area contributed by atoms with Crippen molar-refractivity contribution in [3.05, 3.63) is 89.4 Å². The molecule has 0 fully saturated rings. The maximum absolute atomic E-state index is 12.9. The fraction of sp³-hybridized carbons (Fsp3) is 0.174. The lowest BCUT2D eigenvalue weighted by Gasteiger charge is -2.16. The zero-order valence-electron chi connectivity index (χ0n) is 16.8. The summed E-state index contributed by atoms with van der Waals surface area (Å²) in [6, 6.07) is 21.6. The monoisotopic (exact) mass is 385 g/mol. The van der Waals surface area contributed by atoms with E-state index in [0.29, 0.717) is 12.2 Å². The number of para-hydroxylation sites is 1. The van der Waals surface area contributed by atoms with E-state index in [1.807, 2.05) is 79.2 Å². The van der Waals surface area contributed by atoms with Crippen LogP contribution < -0.4 is 0 Å². The number of hydrogen-bond donors (Lipinski definition) is 1. The molecule has 2 heterocycles. The average molecular weight is 385 g/mol. The number of amides is 1. The molecule has 2 aromatic heterocycles. The van der Waals surface area contributed by atoms with Crippen molar-refractivity contribution in [1.82, 2.24) is 24.9 Å². The smallest absolute Gasteiger partial charge is 0.271 e. The number of benzene rings is 2. The van der Waals surface area contributed by atoms with E-state index in [9.17, 15) is 4.79 Å². The van der Waals surface area contributed by atoms with Gasteiger partial charge in [0.15, 0.2) is 0 Å². The summed E-state index contributed by atoms with van der Waals surface area (Å²) in [6.07, 6.45) is 0. The Kier molecular flexibility index (Phi) is 4.99. The molecule has 0 saturated carbocycles. The number of aryl methyl sites for hydroxylation is 1. The Balaban J connectivity index is 1.54. The third kappa shape index (κ3) is 3.69. The summed E-state index contributed by atoms with van der Waals surface area (Å²) in [4.78, 5) is 14.6. The van der Waals surface area contributed by atoms with Crippen molar-refractivity contribution < 1.29 is 4.79 Å². The van der Waals surface area contributed by atoms with Crippen LogP contribution in [0.1, 0.15) is 27.4 Å². The first-order chi connectivity index (χ1) is 14.0. The number of rotatable bonds is 5. The van der Waals surface area contributed by atoms with Crippen molar-refractivity contribution in [2.75, 3.05) is 7.05 Å². The minimum atomic E-state index is -0.106. The number of carbonyl (C=O) groups is 1. The Morgan fingerprint density at radius 3 is 2.38 bits per heavy atom. The molecule has 1 amide bonds. The van der Waals surface area contributed by atoms with Crippen LogP contribution in [0.5, 0.6) is 0 Å². The molecule has 146 valence electrons. The lowest BCUT2D eigenvalue weighted by molar-refractivity contribution is 0.0779. The number of H-pyrrole nitrogens is 1. The topological polar surface area (TPSA) is 66.8 Å². The van der Waals surface area contributed by atoms with Crippen LogP contribution in [0.15, 0.2) is 66.7 Å². The maximum atomic E-state index is 12.9. The molecule has 0 aliphatic heterocycles. The summed E-state index contributed by atoms with van der Waals surface area (Å²) < 4.78 is 1.92. The van der Waals surface area contributed by atoms with Crippen LogP contribution in [0.3, 0.4) is 0 Å². The highest BCUT2D eigenvalue weighted by Gasteiger charge is 2.20. The van der Waals surface area contributed by atoms with Gasteiger partial charge in [0.1, 0.15) is 5.69 Å². The van der Waals surface area contributed by atoms with Gasteiger partial charge in [-0.15, -0.1) is 0 Å². The number of nitrogens with one attached hydrogen (secondary N) is 1. The Morgan fingerprint density at radius 1 is 1.03 bits per heavy atom. The highest BCUT2D eigenvalue weighted by Crippen LogP contribution is 2.21. The highest BCUT2D eigenvalue weighted by atomic mass is 16.2. The molecule has 29 heavy (non-hydrogen) atoms. The van der Waals surface area contributed by atoms with Crippen molar-refractivity contribution in [2.24, 2.45) is 0 Å². The van der Waals surface area contributed by atoms with Crippen molar-refractivity contribution in [3.63, 3.8) is 0 Å². The zero-order valence-corrected chi connectivity index (χ0v) is 16.8. The molecule has 6 nitrogen and oxygen atoms in total. The summed E-state index contributed by atoms with van der Waals surface area (Å²) in [6.45, 7) is 4.48. The first-order valence-corrected chi connectivity index (χ1v) is 9.51. The van der Waals surface area contributed by atoms with Gasteiger partial charge in [-0.25, -0.2) is 4.68 Å². The van der Waals surface area contributed by atoms with Gasteiger partial charge in [-0.05, 0) is 32.0 Å². The number of aromatic amines is 1. The molecule has 4 aromatic rings. The summed E-state index contributed by atoms with van der Waals surface area (Å²) in [5, 5.41) is 11.8. The highest BCUT2D eigenvalue weighted by molar-refractivity contribution is 5.93. The first kappa shape index (κ1) is 18.7. The van der Waals surface area contributed by atoms with Gasteiger partial charge >= 0.3 is 0 Å². The molecule has 0 aliphatic rings. The predicted octanol–water partition coefficient (Wildman–Crippen LogP) is 4.15. The molecule has 0 saturated heterocycles. The standard InChI is InChI=1S/C23H23N5O/c1-16-20(17(2)28(26-16)19-12-8-5-9-13-19)15-27(3)23(29)22-14-21(24-25-22)18-10-6-4-7-11-18/h4-14H,15H2,1-3H3,(H,24,25). The number of carbonyl (C=O) groups excluding carboxylic acids is 1. The summed E-state index contributed by atoms with van der Waals surface area (Å²) in [5.41, 5.74) is 6.20. The lowest BCUT2D eigenvalue weighted by atomic mass is 10.1. The van der Waals surface area contributed by atoms with Crippen LogP contribution in [0, 0.1) is 13.8 Å². The molecular formula is C23H23N5O. The Labute approximate surface area is 169 Å². The molecule has 0 radical (unpaired) electrons. The number of aromatic nitrogens is 4. The SMILES string of the molecule is Cc1nn(-c2ccccc2)c(C)c1CN(C)C(=O)c1cc(-c2ccccc2)n[nH]1. The quantitative estimate of drug-likeness (QED) is 0.561. The summed E-state index contributed by atoms with van der Waals surface area (Å²) in [5.74, 6) is -0.106. The van der Waals surface area contributed by atoms with Gasteiger partial charge in [0, 0.05) is 30.4 Å². The van der Waals surface area contributed by atoms with Crippen LogP contribution in [0.25, 0.3) is 16.9 Å². The van der Waals surface area contributed by atoms with E-state index in [1.54, 1.807) is 18.0 Å². The van der Waals surface area contributed by atoms with Crippen molar-refractivity contribution in [1.29, 1.82) is 0 Å². The minimum absolute atomic E-state index is 0.106. The van der Waals surface area contributed by atoms with Gasteiger partial charge in [0.25, 0.3) is 5.91 Å². The third-order valence-corrected chi connectivity index (χ3v) is 5.06. The molecule has 6 heteroatoms. The third-order valence-electron chi connectivity index (χ3n) is 5.06. The minimum Gasteiger partial charge on any atom is -0.336 e. The average Bonchev–Trinajstić information content (AvgIpc) is 3.35. The Hall–Kier alpha value is -3.67. The Bertz CT molecular complexity index is 1130. The van der Waals surface area contributed by atoms with E-state index in [1.165, 1.54) is 0 Å². The first-order valence-electron chi connectivity index (χ1n) is 9.51.